The summed E-state index contributed by atoms with van der Waals surface area (Å²) in [6.45, 7) is 3.34. The van der Waals surface area contributed by atoms with Gasteiger partial charge in [-0.2, -0.15) is 0 Å². The first kappa shape index (κ1) is 14.3. The van der Waals surface area contributed by atoms with Crippen LogP contribution in [0, 0.1) is 19.7 Å². The molecule has 2 rings (SSSR count). The second-order valence-corrected chi connectivity index (χ2v) is 6.24. The van der Waals surface area contributed by atoms with E-state index in [4.69, 9.17) is 5.73 Å². The highest BCUT2D eigenvalue weighted by atomic mass is 32.2. The van der Waals surface area contributed by atoms with E-state index in [0.717, 1.165) is 11.6 Å². The Kier molecular flexibility index (Phi) is 3.67. The van der Waals surface area contributed by atoms with Crippen LogP contribution in [0.3, 0.4) is 0 Å². The van der Waals surface area contributed by atoms with Crippen molar-refractivity contribution in [2.45, 2.75) is 18.7 Å². The Morgan fingerprint density at radius 2 is 1.75 bits per heavy atom. The first-order chi connectivity index (χ1) is 9.29. The molecule has 3 N–H and O–H groups in total. The van der Waals surface area contributed by atoms with E-state index < -0.39 is 15.8 Å². The number of nitrogens with two attached hydrogens (primary N) is 1. The lowest BCUT2D eigenvalue weighted by atomic mass is 10.2. The topological polar surface area (TPSA) is 72.2 Å². The number of rotatable bonds is 3. The van der Waals surface area contributed by atoms with Crippen LogP contribution in [-0.2, 0) is 10.0 Å². The van der Waals surface area contributed by atoms with Crippen LogP contribution in [0.2, 0.25) is 0 Å². The summed E-state index contributed by atoms with van der Waals surface area (Å²) in [6, 6.07) is 8.41. The van der Waals surface area contributed by atoms with Crippen molar-refractivity contribution >= 4 is 21.4 Å². The highest BCUT2D eigenvalue weighted by molar-refractivity contribution is 7.92. The molecule has 4 nitrogen and oxygen atoms in total. The molecule has 0 amide bonds. The molecule has 0 atom stereocenters. The summed E-state index contributed by atoms with van der Waals surface area (Å²) in [5.74, 6) is -0.468. The van der Waals surface area contributed by atoms with E-state index in [1.807, 2.05) is 0 Å². The van der Waals surface area contributed by atoms with Crippen molar-refractivity contribution < 1.29 is 12.8 Å². The predicted octanol–water partition coefficient (Wildman–Crippen LogP) is 2.83. The van der Waals surface area contributed by atoms with Crippen molar-refractivity contribution in [1.29, 1.82) is 0 Å². The average molecular weight is 294 g/mol. The van der Waals surface area contributed by atoms with Gasteiger partial charge in [0, 0.05) is 11.4 Å². The highest BCUT2D eigenvalue weighted by Crippen LogP contribution is 2.22. The normalized spacial score (nSPS) is 11.3. The van der Waals surface area contributed by atoms with Crippen LogP contribution < -0.4 is 10.5 Å². The van der Waals surface area contributed by atoms with Crippen LogP contribution in [0.4, 0.5) is 15.8 Å². The third-order valence-corrected chi connectivity index (χ3v) is 4.49. The first-order valence-electron chi connectivity index (χ1n) is 5.95. The molecule has 0 aliphatic carbocycles. The number of anilines is 2. The SMILES string of the molecule is Cc1cc(NS(=O)(=O)c2ccc(F)cc2C)ccc1N. The third-order valence-electron chi connectivity index (χ3n) is 2.95. The van der Waals surface area contributed by atoms with E-state index >= 15 is 0 Å². The van der Waals surface area contributed by atoms with Gasteiger partial charge in [-0.3, -0.25) is 4.72 Å². The molecule has 0 radical (unpaired) electrons. The van der Waals surface area contributed by atoms with E-state index in [1.165, 1.54) is 12.1 Å². The Hall–Kier alpha value is -2.08. The molecule has 20 heavy (non-hydrogen) atoms. The van der Waals surface area contributed by atoms with Crippen molar-refractivity contribution in [3.8, 4) is 0 Å². The summed E-state index contributed by atoms with van der Waals surface area (Å²) >= 11 is 0. The number of hydrogen-bond donors (Lipinski definition) is 2. The molecule has 0 heterocycles. The number of nitrogens with one attached hydrogen (secondary N) is 1. The standard InChI is InChI=1S/C14H15FN2O2S/c1-9-8-12(4-5-13(9)16)17-20(18,19)14-6-3-11(15)7-10(14)2/h3-8,17H,16H2,1-2H3. The molecule has 0 saturated heterocycles. The quantitative estimate of drug-likeness (QED) is 0.855. The molecule has 6 heteroatoms. The van der Waals surface area contributed by atoms with Gasteiger partial charge in [-0.1, -0.05) is 0 Å². The van der Waals surface area contributed by atoms with Crippen molar-refractivity contribution in [2.75, 3.05) is 10.5 Å². The molecule has 0 unspecified atom stereocenters. The Morgan fingerprint density at radius 1 is 1.05 bits per heavy atom. The predicted molar refractivity (Wildman–Crippen MR) is 77.5 cm³/mol. The Labute approximate surface area is 117 Å². The zero-order valence-corrected chi connectivity index (χ0v) is 12.0. The van der Waals surface area contributed by atoms with Gasteiger partial charge in [0.25, 0.3) is 10.0 Å². The van der Waals surface area contributed by atoms with E-state index in [0.29, 0.717) is 16.9 Å². The molecule has 0 saturated carbocycles. The number of sulfonamides is 1. The second kappa shape index (κ2) is 5.13. The van der Waals surface area contributed by atoms with Crippen molar-refractivity contribution in [3.63, 3.8) is 0 Å². The van der Waals surface area contributed by atoms with Gasteiger partial charge in [0.2, 0.25) is 0 Å². The van der Waals surface area contributed by atoms with Gasteiger partial charge in [-0.05, 0) is 61.4 Å². The van der Waals surface area contributed by atoms with E-state index in [-0.39, 0.29) is 4.90 Å². The molecule has 0 fully saturated rings. The fourth-order valence-corrected chi connectivity index (χ4v) is 3.14. The molecule has 0 spiro atoms. The molecule has 0 aliphatic heterocycles. The van der Waals surface area contributed by atoms with E-state index in [1.54, 1.807) is 32.0 Å². The smallest absolute Gasteiger partial charge is 0.262 e. The van der Waals surface area contributed by atoms with Gasteiger partial charge < -0.3 is 5.73 Å². The minimum atomic E-state index is -3.75. The summed E-state index contributed by atoms with van der Waals surface area (Å²) in [5, 5.41) is 0. The Balaban J connectivity index is 2.38. The van der Waals surface area contributed by atoms with E-state index in [2.05, 4.69) is 4.72 Å². The number of hydrogen-bond acceptors (Lipinski definition) is 3. The van der Waals surface area contributed by atoms with Gasteiger partial charge in [0.1, 0.15) is 5.82 Å². The zero-order chi connectivity index (χ0) is 14.9. The average Bonchev–Trinajstić information content (AvgIpc) is 2.33. The zero-order valence-electron chi connectivity index (χ0n) is 11.1. The van der Waals surface area contributed by atoms with Gasteiger partial charge in [0.05, 0.1) is 4.90 Å². The first-order valence-corrected chi connectivity index (χ1v) is 7.43. The van der Waals surface area contributed by atoms with Gasteiger partial charge in [0.15, 0.2) is 0 Å². The summed E-state index contributed by atoms with van der Waals surface area (Å²) in [7, 11) is -3.75. The number of benzene rings is 2. The summed E-state index contributed by atoms with van der Waals surface area (Å²) in [4.78, 5) is 0.0494. The number of nitrogen functional groups attached to an aromatic ring is 1. The minimum Gasteiger partial charge on any atom is -0.399 e. The number of halogens is 1. The van der Waals surface area contributed by atoms with E-state index in [9.17, 15) is 12.8 Å². The maximum Gasteiger partial charge on any atom is 0.262 e. The maximum absolute atomic E-state index is 13.0. The molecule has 2 aromatic rings. The fraction of sp³-hybridized carbons (Fsp3) is 0.143. The fourth-order valence-electron chi connectivity index (χ4n) is 1.86. The van der Waals surface area contributed by atoms with Gasteiger partial charge in [-0.25, -0.2) is 12.8 Å². The highest BCUT2D eigenvalue weighted by Gasteiger charge is 2.17. The lowest BCUT2D eigenvalue weighted by Gasteiger charge is -2.11. The minimum absolute atomic E-state index is 0.0494. The van der Waals surface area contributed by atoms with Crippen LogP contribution in [0.1, 0.15) is 11.1 Å². The summed E-state index contributed by atoms with van der Waals surface area (Å²) in [5.41, 5.74) is 7.82. The Bertz CT molecular complexity index is 758. The largest absolute Gasteiger partial charge is 0.399 e. The van der Waals surface area contributed by atoms with Crippen LogP contribution in [0.15, 0.2) is 41.3 Å². The molecule has 0 aromatic heterocycles. The molecular formula is C14H15FN2O2S. The number of aryl methyl sites for hydroxylation is 2. The lowest BCUT2D eigenvalue weighted by molar-refractivity contribution is 0.598. The Morgan fingerprint density at radius 3 is 2.35 bits per heavy atom. The van der Waals surface area contributed by atoms with Gasteiger partial charge in [-0.15, -0.1) is 0 Å². The second-order valence-electron chi connectivity index (χ2n) is 4.59. The van der Waals surface area contributed by atoms with Crippen LogP contribution in [0.25, 0.3) is 0 Å². The van der Waals surface area contributed by atoms with Crippen LogP contribution >= 0.6 is 0 Å². The van der Waals surface area contributed by atoms with Crippen molar-refractivity contribution in [2.24, 2.45) is 0 Å². The van der Waals surface area contributed by atoms with Crippen LogP contribution in [0.5, 0.6) is 0 Å². The van der Waals surface area contributed by atoms with Crippen molar-refractivity contribution in [1.82, 2.24) is 0 Å². The monoisotopic (exact) mass is 294 g/mol. The molecule has 2 aromatic carbocycles. The summed E-state index contributed by atoms with van der Waals surface area (Å²) in [6.07, 6.45) is 0. The molecule has 0 bridgehead atoms. The summed E-state index contributed by atoms with van der Waals surface area (Å²) < 4.78 is 40.0. The van der Waals surface area contributed by atoms with Crippen LogP contribution in [-0.4, -0.2) is 8.42 Å². The van der Waals surface area contributed by atoms with Gasteiger partial charge >= 0.3 is 0 Å². The van der Waals surface area contributed by atoms with Crippen molar-refractivity contribution in [3.05, 3.63) is 53.3 Å². The molecular weight excluding hydrogens is 279 g/mol. The molecule has 0 aliphatic rings. The lowest BCUT2D eigenvalue weighted by Crippen LogP contribution is -2.14. The molecule has 106 valence electrons. The maximum atomic E-state index is 13.0. The third kappa shape index (κ3) is 2.91.